The number of methoxy groups -OCH3 is 1. The maximum absolute atomic E-state index is 12.6. The number of para-hydroxylation sites is 1. The lowest BCUT2D eigenvalue weighted by atomic mass is 9.90. The van der Waals surface area contributed by atoms with Crippen LogP contribution in [0.15, 0.2) is 54.7 Å². The number of carbonyl (C=O) groups excluding carboxylic acids is 1. The average molecular weight is 416 g/mol. The largest absolute Gasteiger partial charge is 0.497 e. The standard InChI is InChI=1S/C22H25N3O3.ClH/c1-27-16-8-6-15(7-9-16)18(12-25-22(26)21-14-28-11-10-23-21)19-13-24-20-5-3-2-4-17(19)20;/h2-9,13,18,21,23-24H,10-12,14H2,1H3,(H,25,26);1H. The molecular weight excluding hydrogens is 390 g/mol. The van der Waals surface area contributed by atoms with Crippen LogP contribution in [0.4, 0.5) is 0 Å². The minimum absolute atomic E-state index is 0. The highest BCUT2D eigenvalue weighted by molar-refractivity contribution is 5.85. The van der Waals surface area contributed by atoms with Crippen molar-refractivity contribution in [3.8, 4) is 5.75 Å². The minimum atomic E-state index is -0.298. The molecule has 0 spiro atoms. The molecule has 1 aromatic heterocycles. The van der Waals surface area contributed by atoms with Crippen molar-refractivity contribution in [2.75, 3.05) is 33.4 Å². The number of nitrogens with one attached hydrogen (secondary N) is 3. The van der Waals surface area contributed by atoms with Crippen LogP contribution in [-0.2, 0) is 9.53 Å². The van der Waals surface area contributed by atoms with E-state index in [2.05, 4.69) is 39.9 Å². The Balaban J connectivity index is 0.00000240. The minimum Gasteiger partial charge on any atom is -0.497 e. The Morgan fingerprint density at radius 3 is 2.76 bits per heavy atom. The monoisotopic (exact) mass is 415 g/mol. The Hall–Kier alpha value is -2.54. The van der Waals surface area contributed by atoms with Crippen molar-refractivity contribution in [1.29, 1.82) is 0 Å². The van der Waals surface area contributed by atoms with Gasteiger partial charge in [0.2, 0.25) is 5.91 Å². The van der Waals surface area contributed by atoms with E-state index in [1.54, 1.807) is 7.11 Å². The maximum atomic E-state index is 12.6. The van der Waals surface area contributed by atoms with E-state index in [4.69, 9.17) is 9.47 Å². The molecule has 3 aromatic rings. The number of ether oxygens (including phenoxy) is 2. The number of carbonyl (C=O) groups is 1. The first-order valence-corrected chi connectivity index (χ1v) is 9.55. The number of rotatable bonds is 6. The summed E-state index contributed by atoms with van der Waals surface area (Å²) in [6.45, 7) is 2.26. The molecule has 4 rings (SSSR count). The number of H-pyrrole nitrogens is 1. The fourth-order valence-corrected chi connectivity index (χ4v) is 3.69. The Kier molecular flexibility index (Phi) is 7.14. The van der Waals surface area contributed by atoms with Crippen molar-refractivity contribution >= 4 is 29.2 Å². The highest BCUT2D eigenvalue weighted by atomic mass is 35.5. The molecule has 1 aliphatic heterocycles. The molecule has 0 saturated carbocycles. The highest BCUT2D eigenvalue weighted by Crippen LogP contribution is 2.31. The van der Waals surface area contributed by atoms with Gasteiger partial charge in [-0.15, -0.1) is 12.4 Å². The van der Waals surface area contributed by atoms with Gasteiger partial charge in [0, 0.05) is 36.1 Å². The number of benzene rings is 2. The van der Waals surface area contributed by atoms with Crippen LogP contribution in [0.2, 0.25) is 0 Å². The van der Waals surface area contributed by atoms with Gasteiger partial charge < -0.3 is 25.1 Å². The molecule has 2 heterocycles. The molecule has 1 fully saturated rings. The van der Waals surface area contributed by atoms with Gasteiger partial charge in [0.05, 0.1) is 20.3 Å². The second-order valence-corrected chi connectivity index (χ2v) is 6.94. The number of amides is 1. The molecule has 3 N–H and O–H groups in total. The zero-order valence-corrected chi connectivity index (χ0v) is 17.1. The third-order valence-corrected chi connectivity index (χ3v) is 5.23. The van der Waals surface area contributed by atoms with E-state index in [0.717, 1.165) is 27.8 Å². The van der Waals surface area contributed by atoms with Crippen LogP contribution in [0.25, 0.3) is 10.9 Å². The molecule has 6 nitrogen and oxygen atoms in total. The number of halogens is 1. The SMILES string of the molecule is COc1ccc(C(CNC(=O)C2COCCN2)c2c[nH]c3ccccc23)cc1.Cl. The molecule has 1 aliphatic rings. The van der Waals surface area contributed by atoms with Crippen molar-refractivity contribution in [3.63, 3.8) is 0 Å². The average Bonchev–Trinajstić information content (AvgIpc) is 3.19. The predicted molar refractivity (Wildman–Crippen MR) is 116 cm³/mol. The number of aromatic amines is 1. The van der Waals surface area contributed by atoms with Gasteiger partial charge >= 0.3 is 0 Å². The van der Waals surface area contributed by atoms with E-state index < -0.39 is 0 Å². The molecule has 2 aromatic carbocycles. The summed E-state index contributed by atoms with van der Waals surface area (Å²) in [7, 11) is 1.66. The number of aromatic nitrogens is 1. The van der Waals surface area contributed by atoms with E-state index in [0.29, 0.717) is 26.3 Å². The van der Waals surface area contributed by atoms with Crippen molar-refractivity contribution in [2.24, 2.45) is 0 Å². The molecule has 0 radical (unpaired) electrons. The number of hydrogen-bond donors (Lipinski definition) is 3. The molecule has 2 atom stereocenters. The summed E-state index contributed by atoms with van der Waals surface area (Å²) in [5.41, 5.74) is 3.37. The van der Waals surface area contributed by atoms with Gasteiger partial charge in [0.15, 0.2) is 0 Å². The van der Waals surface area contributed by atoms with Crippen LogP contribution < -0.4 is 15.4 Å². The van der Waals surface area contributed by atoms with Crippen molar-refractivity contribution < 1.29 is 14.3 Å². The topological polar surface area (TPSA) is 75.4 Å². The summed E-state index contributed by atoms with van der Waals surface area (Å²) in [6.07, 6.45) is 2.04. The summed E-state index contributed by atoms with van der Waals surface area (Å²) < 4.78 is 10.7. The summed E-state index contributed by atoms with van der Waals surface area (Å²) in [6, 6.07) is 15.9. The van der Waals surface area contributed by atoms with Gasteiger partial charge in [-0.25, -0.2) is 0 Å². The van der Waals surface area contributed by atoms with Gasteiger partial charge in [-0.2, -0.15) is 0 Å². The molecule has 0 bridgehead atoms. The summed E-state index contributed by atoms with van der Waals surface area (Å²) in [5, 5.41) is 7.47. The van der Waals surface area contributed by atoms with Gasteiger partial charge in [-0.05, 0) is 29.3 Å². The second kappa shape index (κ2) is 9.78. The van der Waals surface area contributed by atoms with E-state index in [1.807, 2.05) is 30.5 Å². The Labute approximate surface area is 176 Å². The zero-order valence-electron chi connectivity index (χ0n) is 16.3. The first kappa shape index (κ1) is 21.2. The molecule has 1 saturated heterocycles. The van der Waals surface area contributed by atoms with Crippen molar-refractivity contribution in [3.05, 3.63) is 65.9 Å². The number of morpholine rings is 1. The Morgan fingerprint density at radius 2 is 2.03 bits per heavy atom. The lowest BCUT2D eigenvalue weighted by Crippen LogP contribution is -2.51. The highest BCUT2D eigenvalue weighted by Gasteiger charge is 2.24. The molecule has 2 unspecified atom stereocenters. The molecule has 29 heavy (non-hydrogen) atoms. The first-order chi connectivity index (χ1) is 13.8. The van der Waals surface area contributed by atoms with Gasteiger partial charge in [-0.3, -0.25) is 4.79 Å². The van der Waals surface area contributed by atoms with Crippen LogP contribution in [0.5, 0.6) is 5.75 Å². The zero-order chi connectivity index (χ0) is 19.3. The fourth-order valence-electron chi connectivity index (χ4n) is 3.69. The molecule has 154 valence electrons. The maximum Gasteiger partial charge on any atom is 0.239 e. The number of hydrogen-bond acceptors (Lipinski definition) is 4. The quantitative estimate of drug-likeness (QED) is 0.578. The summed E-state index contributed by atoms with van der Waals surface area (Å²) >= 11 is 0. The van der Waals surface area contributed by atoms with Crippen LogP contribution >= 0.6 is 12.4 Å². The number of fused-ring (bicyclic) bond motifs is 1. The Morgan fingerprint density at radius 1 is 1.24 bits per heavy atom. The fraction of sp³-hybridized carbons (Fsp3) is 0.318. The second-order valence-electron chi connectivity index (χ2n) is 6.94. The Bertz CT molecular complexity index is 936. The van der Waals surface area contributed by atoms with E-state index in [9.17, 15) is 4.79 Å². The predicted octanol–water partition coefficient (Wildman–Crippen LogP) is 2.83. The van der Waals surface area contributed by atoms with E-state index >= 15 is 0 Å². The van der Waals surface area contributed by atoms with Gasteiger partial charge in [-0.1, -0.05) is 30.3 Å². The molecule has 1 amide bonds. The normalized spacial score (nSPS) is 17.3. The van der Waals surface area contributed by atoms with Crippen molar-refractivity contribution in [2.45, 2.75) is 12.0 Å². The first-order valence-electron chi connectivity index (χ1n) is 9.55. The van der Waals surface area contributed by atoms with Crippen molar-refractivity contribution in [1.82, 2.24) is 15.6 Å². The van der Waals surface area contributed by atoms with E-state index in [1.165, 1.54) is 0 Å². The van der Waals surface area contributed by atoms with Gasteiger partial charge in [0.1, 0.15) is 11.8 Å². The van der Waals surface area contributed by atoms with Crippen LogP contribution in [0.1, 0.15) is 17.0 Å². The smallest absolute Gasteiger partial charge is 0.239 e. The third-order valence-electron chi connectivity index (χ3n) is 5.23. The van der Waals surface area contributed by atoms with Crippen LogP contribution in [0, 0.1) is 0 Å². The summed E-state index contributed by atoms with van der Waals surface area (Å²) in [5.74, 6) is 0.808. The molecule has 0 aliphatic carbocycles. The van der Waals surface area contributed by atoms with Gasteiger partial charge in [0.25, 0.3) is 0 Å². The summed E-state index contributed by atoms with van der Waals surface area (Å²) in [4.78, 5) is 15.9. The van der Waals surface area contributed by atoms with Crippen LogP contribution in [-0.4, -0.2) is 50.3 Å². The molecule has 7 heteroatoms. The lowest BCUT2D eigenvalue weighted by molar-refractivity contribution is -0.125. The molecular formula is C22H26ClN3O3. The third kappa shape index (κ3) is 4.72. The van der Waals surface area contributed by atoms with Crippen LogP contribution in [0.3, 0.4) is 0 Å². The lowest BCUT2D eigenvalue weighted by Gasteiger charge is -2.24. The van der Waals surface area contributed by atoms with E-state index in [-0.39, 0.29) is 30.3 Å².